The predicted molar refractivity (Wildman–Crippen MR) is 105 cm³/mol. The van der Waals surface area contributed by atoms with Crippen LogP contribution in [0.2, 0.25) is 4.34 Å². The van der Waals surface area contributed by atoms with Gasteiger partial charge in [-0.25, -0.2) is 9.78 Å². The Labute approximate surface area is 176 Å². The first-order chi connectivity index (χ1) is 13.6. The smallest absolute Gasteiger partial charge is 0.416 e. The van der Waals surface area contributed by atoms with Crippen LogP contribution in [0.3, 0.4) is 0 Å². The maximum Gasteiger partial charge on any atom is 0.416 e. The summed E-state index contributed by atoms with van der Waals surface area (Å²) in [5.41, 5.74) is -0.473. The Bertz CT molecular complexity index is 1050. The van der Waals surface area contributed by atoms with Crippen LogP contribution in [-0.2, 0) is 22.3 Å². The number of carbonyl (C=O) groups is 2. The number of hydrogen-bond donors (Lipinski definition) is 0. The Balaban J connectivity index is 1.77. The Kier molecular flexibility index (Phi) is 6.25. The number of alkyl halides is 3. The van der Waals surface area contributed by atoms with Gasteiger partial charge in [-0.05, 0) is 30.3 Å². The topological polar surface area (TPSA) is 59.5 Å². The molecule has 3 aromatic rings. The second kappa shape index (κ2) is 8.52. The van der Waals surface area contributed by atoms with Gasteiger partial charge in [0.15, 0.2) is 5.13 Å². The maximum atomic E-state index is 13.0. The van der Waals surface area contributed by atoms with E-state index in [0.29, 0.717) is 14.9 Å². The van der Waals surface area contributed by atoms with Crippen molar-refractivity contribution in [1.82, 2.24) is 4.98 Å². The number of rotatable bonds is 5. The fraction of sp³-hybridized carbons (Fsp3) is 0.167. The van der Waals surface area contributed by atoms with Gasteiger partial charge in [-0.3, -0.25) is 9.69 Å². The van der Waals surface area contributed by atoms with E-state index in [1.165, 1.54) is 25.1 Å². The molecule has 0 fully saturated rings. The average molecular weight is 461 g/mol. The number of thiazole rings is 1. The van der Waals surface area contributed by atoms with Crippen molar-refractivity contribution in [3.8, 4) is 0 Å². The van der Waals surface area contributed by atoms with Crippen molar-refractivity contribution < 1.29 is 27.5 Å². The van der Waals surface area contributed by atoms with Gasteiger partial charge in [-0.15, -0.1) is 22.7 Å². The minimum Gasteiger partial charge on any atom is -0.455 e. The Morgan fingerprint density at radius 3 is 2.62 bits per heavy atom. The van der Waals surface area contributed by atoms with Gasteiger partial charge in [-0.1, -0.05) is 17.7 Å². The molecule has 2 aromatic heterocycles. The van der Waals surface area contributed by atoms with Crippen LogP contribution in [0, 0.1) is 0 Å². The van der Waals surface area contributed by atoms with Crippen LogP contribution in [0.4, 0.5) is 24.0 Å². The molecule has 0 unspecified atom stereocenters. The number of benzene rings is 1. The molecule has 2 heterocycles. The monoisotopic (exact) mass is 460 g/mol. The Morgan fingerprint density at radius 1 is 1.24 bits per heavy atom. The highest BCUT2D eigenvalue weighted by atomic mass is 35.5. The molecule has 0 aliphatic carbocycles. The molecule has 29 heavy (non-hydrogen) atoms. The quantitative estimate of drug-likeness (QED) is 0.443. The first-order valence-electron chi connectivity index (χ1n) is 8.00. The van der Waals surface area contributed by atoms with Gasteiger partial charge in [0.05, 0.1) is 21.3 Å². The second-order valence-corrected chi connectivity index (χ2v) is 8.26. The minimum absolute atomic E-state index is 0.0402. The van der Waals surface area contributed by atoms with E-state index in [-0.39, 0.29) is 17.4 Å². The van der Waals surface area contributed by atoms with Crippen LogP contribution in [-0.4, -0.2) is 16.9 Å². The van der Waals surface area contributed by atoms with Crippen LogP contribution in [0.5, 0.6) is 0 Å². The molecule has 152 valence electrons. The summed E-state index contributed by atoms with van der Waals surface area (Å²) in [5.74, 6) is -1.08. The lowest BCUT2D eigenvalue weighted by Gasteiger charge is -2.19. The summed E-state index contributed by atoms with van der Waals surface area (Å²) in [4.78, 5) is 29.7. The van der Waals surface area contributed by atoms with Gasteiger partial charge in [0.1, 0.15) is 11.5 Å². The number of ether oxygens (including phenoxy) is 1. The van der Waals surface area contributed by atoms with Gasteiger partial charge in [0.25, 0.3) is 0 Å². The molecule has 5 nitrogen and oxygen atoms in total. The van der Waals surface area contributed by atoms with Gasteiger partial charge in [-0.2, -0.15) is 13.2 Å². The third kappa shape index (κ3) is 5.14. The molecule has 0 radical (unpaired) electrons. The van der Waals surface area contributed by atoms with Crippen molar-refractivity contribution in [2.24, 2.45) is 0 Å². The number of anilines is 2. The molecule has 1 aromatic carbocycles. The molecule has 0 atom stereocenters. The lowest BCUT2D eigenvalue weighted by atomic mass is 10.2. The van der Waals surface area contributed by atoms with Crippen molar-refractivity contribution in [1.29, 1.82) is 0 Å². The number of halogens is 4. The van der Waals surface area contributed by atoms with Crippen molar-refractivity contribution in [3.63, 3.8) is 0 Å². The second-order valence-electron chi connectivity index (χ2n) is 5.70. The zero-order valence-electron chi connectivity index (χ0n) is 14.7. The average Bonchev–Trinajstić information content (AvgIpc) is 3.28. The number of aromatic nitrogens is 1. The summed E-state index contributed by atoms with van der Waals surface area (Å²) in [5, 5.41) is 1.73. The van der Waals surface area contributed by atoms with E-state index in [1.807, 2.05) is 0 Å². The van der Waals surface area contributed by atoms with Crippen molar-refractivity contribution in [2.75, 3.05) is 4.90 Å². The summed E-state index contributed by atoms with van der Waals surface area (Å²) in [6.07, 6.45) is -4.54. The Hall–Kier alpha value is -2.43. The summed E-state index contributed by atoms with van der Waals surface area (Å²) in [7, 11) is 0. The van der Waals surface area contributed by atoms with Crippen LogP contribution >= 0.6 is 34.3 Å². The van der Waals surface area contributed by atoms with Gasteiger partial charge >= 0.3 is 12.1 Å². The van der Waals surface area contributed by atoms with Crippen molar-refractivity contribution in [3.05, 3.63) is 62.2 Å². The first kappa shape index (κ1) is 21.3. The standard InChI is InChI=1S/C18H12ClF3N2O3S2/c1-10(25)24(13-4-2-3-11(7-13)18(20,21)22)17-23-12(9-28-17)8-27-16(26)14-5-6-15(19)29-14/h2-7,9H,8H2,1H3. The fourth-order valence-electron chi connectivity index (χ4n) is 2.35. The maximum absolute atomic E-state index is 13.0. The fourth-order valence-corrected chi connectivity index (χ4v) is 4.16. The summed E-state index contributed by atoms with van der Waals surface area (Å²) < 4.78 is 44.6. The molecule has 0 aliphatic rings. The third-order valence-electron chi connectivity index (χ3n) is 3.60. The predicted octanol–water partition coefficient (Wildman–Crippen LogP) is 5.92. The Morgan fingerprint density at radius 2 is 2.00 bits per heavy atom. The van der Waals surface area contributed by atoms with E-state index < -0.39 is 23.6 Å². The molecule has 0 saturated carbocycles. The highest BCUT2D eigenvalue weighted by molar-refractivity contribution is 7.17. The van der Waals surface area contributed by atoms with Crippen LogP contribution < -0.4 is 4.90 Å². The highest BCUT2D eigenvalue weighted by Crippen LogP contribution is 2.35. The van der Waals surface area contributed by atoms with E-state index in [2.05, 4.69) is 4.98 Å². The van der Waals surface area contributed by atoms with Gasteiger partial charge in [0.2, 0.25) is 5.91 Å². The van der Waals surface area contributed by atoms with E-state index in [1.54, 1.807) is 11.4 Å². The van der Waals surface area contributed by atoms with Crippen molar-refractivity contribution >= 4 is 57.0 Å². The summed E-state index contributed by atoms with van der Waals surface area (Å²) in [6, 6.07) is 7.51. The van der Waals surface area contributed by atoms with E-state index in [4.69, 9.17) is 16.3 Å². The highest BCUT2D eigenvalue weighted by Gasteiger charge is 2.31. The zero-order chi connectivity index (χ0) is 21.2. The zero-order valence-corrected chi connectivity index (χ0v) is 17.1. The number of carbonyl (C=O) groups excluding carboxylic acids is 2. The minimum atomic E-state index is -4.54. The molecule has 0 saturated heterocycles. The molecule has 0 bridgehead atoms. The SMILES string of the molecule is CC(=O)N(c1cccc(C(F)(F)F)c1)c1nc(COC(=O)c2ccc(Cl)s2)cs1. The first-order valence-corrected chi connectivity index (χ1v) is 10.1. The van der Waals surface area contributed by atoms with Crippen molar-refractivity contribution in [2.45, 2.75) is 19.7 Å². The number of thiophene rings is 1. The molecule has 0 spiro atoms. The number of esters is 1. The molecule has 11 heteroatoms. The lowest BCUT2D eigenvalue weighted by molar-refractivity contribution is -0.137. The molecule has 3 rings (SSSR count). The van der Waals surface area contributed by atoms with Crippen LogP contribution in [0.15, 0.2) is 41.8 Å². The van der Waals surface area contributed by atoms with Crippen LogP contribution in [0.1, 0.15) is 27.9 Å². The molecule has 1 amide bonds. The van der Waals surface area contributed by atoms with E-state index in [9.17, 15) is 22.8 Å². The molecule has 0 aliphatic heterocycles. The molecular formula is C18H12ClF3N2O3S2. The molecular weight excluding hydrogens is 449 g/mol. The van der Waals surface area contributed by atoms with E-state index >= 15 is 0 Å². The number of nitrogens with zero attached hydrogens (tertiary/aromatic N) is 2. The summed E-state index contributed by atoms with van der Waals surface area (Å²) in [6.45, 7) is 1.07. The van der Waals surface area contributed by atoms with E-state index in [0.717, 1.165) is 39.7 Å². The van der Waals surface area contributed by atoms with Gasteiger partial charge in [0, 0.05) is 12.3 Å². The normalized spacial score (nSPS) is 11.3. The number of amides is 1. The van der Waals surface area contributed by atoms with Gasteiger partial charge < -0.3 is 4.74 Å². The number of hydrogen-bond acceptors (Lipinski definition) is 6. The lowest BCUT2D eigenvalue weighted by Crippen LogP contribution is -2.23. The third-order valence-corrected chi connectivity index (χ3v) is 5.69. The molecule has 0 N–H and O–H groups in total. The van der Waals surface area contributed by atoms with Crippen LogP contribution in [0.25, 0.3) is 0 Å². The largest absolute Gasteiger partial charge is 0.455 e. The summed E-state index contributed by atoms with van der Waals surface area (Å²) >= 11 is 7.90.